The molecule has 3 rings (SSSR count). The van der Waals surface area contributed by atoms with Crippen LogP contribution >= 0.6 is 0 Å². The Balaban J connectivity index is 1.65. The molecule has 0 bridgehead atoms. The molecular formula is C25H27NO5. The van der Waals surface area contributed by atoms with Gasteiger partial charge in [-0.25, -0.2) is 4.79 Å². The van der Waals surface area contributed by atoms with Gasteiger partial charge in [-0.2, -0.15) is 0 Å². The fraction of sp³-hybridized carbons (Fsp3) is 0.320. The van der Waals surface area contributed by atoms with E-state index < -0.39 is 18.5 Å². The molecule has 3 aromatic rings. The first kappa shape index (κ1) is 22.3. The van der Waals surface area contributed by atoms with Gasteiger partial charge in [0.1, 0.15) is 5.58 Å². The van der Waals surface area contributed by atoms with E-state index in [1.807, 2.05) is 26.0 Å². The van der Waals surface area contributed by atoms with E-state index in [0.717, 1.165) is 11.6 Å². The maximum Gasteiger partial charge on any atom is 0.374 e. The minimum absolute atomic E-state index is 0.142. The molecular weight excluding hydrogens is 394 g/mol. The zero-order valence-corrected chi connectivity index (χ0v) is 18.2. The van der Waals surface area contributed by atoms with Gasteiger partial charge in [-0.3, -0.25) is 9.59 Å². The van der Waals surface area contributed by atoms with Gasteiger partial charge >= 0.3 is 5.97 Å². The van der Waals surface area contributed by atoms with Crippen molar-refractivity contribution in [1.82, 2.24) is 5.32 Å². The summed E-state index contributed by atoms with van der Waals surface area (Å²) in [4.78, 5) is 36.9. The zero-order valence-electron chi connectivity index (χ0n) is 18.2. The first-order chi connectivity index (χ1) is 14.8. The first-order valence-corrected chi connectivity index (χ1v) is 10.4. The summed E-state index contributed by atoms with van der Waals surface area (Å²) in [5.74, 6) is -0.955. The Morgan fingerprint density at radius 3 is 2.26 bits per heavy atom. The highest BCUT2D eigenvalue weighted by molar-refractivity contribution is 5.90. The van der Waals surface area contributed by atoms with Crippen molar-refractivity contribution in [2.24, 2.45) is 5.92 Å². The van der Waals surface area contributed by atoms with Crippen LogP contribution in [-0.2, 0) is 9.53 Å². The number of benzene rings is 2. The van der Waals surface area contributed by atoms with Crippen molar-refractivity contribution in [2.45, 2.75) is 39.7 Å². The van der Waals surface area contributed by atoms with E-state index in [-0.39, 0.29) is 28.7 Å². The lowest BCUT2D eigenvalue weighted by atomic mass is 9.93. The minimum atomic E-state index is -0.861. The average molecular weight is 421 g/mol. The van der Waals surface area contributed by atoms with Gasteiger partial charge in [0.05, 0.1) is 11.4 Å². The van der Waals surface area contributed by atoms with Crippen molar-refractivity contribution < 1.29 is 18.7 Å². The fourth-order valence-electron chi connectivity index (χ4n) is 3.35. The summed E-state index contributed by atoms with van der Waals surface area (Å²) in [6, 6.07) is 15.6. The molecule has 1 N–H and O–H groups in total. The molecule has 0 saturated heterocycles. The highest BCUT2D eigenvalue weighted by Crippen LogP contribution is 2.24. The van der Waals surface area contributed by atoms with Crippen LogP contribution in [0.2, 0.25) is 0 Å². The van der Waals surface area contributed by atoms with Crippen molar-refractivity contribution in [3.63, 3.8) is 0 Å². The summed E-state index contributed by atoms with van der Waals surface area (Å²) >= 11 is 0. The second-order valence-electron chi connectivity index (χ2n) is 8.16. The molecule has 0 aliphatic carbocycles. The van der Waals surface area contributed by atoms with Gasteiger partial charge in [-0.15, -0.1) is 0 Å². The largest absolute Gasteiger partial charge is 0.450 e. The van der Waals surface area contributed by atoms with Crippen molar-refractivity contribution in [1.29, 1.82) is 0 Å². The Bertz CT molecular complexity index is 1130. The van der Waals surface area contributed by atoms with E-state index in [2.05, 4.69) is 31.3 Å². The summed E-state index contributed by atoms with van der Waals surface area (Å²) in [5.41, 5.74) is 2.15. The number of fused-ring (bicyclic) bond motifs is 1. The van der Waals surface area contributed by atoms with Gasteiger partial charge in [0.25, 0.3) is 5.91 Å². The van der Waals surface area contributed by atoms with Crippen molar-refractivity contribution in [3.8, 4) is 0 Å². The Kier molecular flexibility index (Phi) is 6.90. The predicted molar refractivity (Wildman–Crippen MR) is 119 cm³/mol. The first-order valence-electron chi connectivity index (χ1n) is 10.4. The van der Waals surface area contributed by atoms with Gasteiger partial charge in [0.2, 0.25) is 5.76 Å². The van der Waals surface area contributed by atoms with Crippen LogP contribution in [0.3, 0.4) is 0 Å². The van der Waals surface area contributed by atoms with Crippen molar-refractivity contribution in [3.05, 3.63) is 81.7 Å². The molecule has 0 spiro atoms. The minimum Gasteiger partial charge on any atom is -0.450 e. The van der Waals surface area contributed by atoms with Gasteiger partial charge in [0, 0.05) is 6.07 Å². The Morgan fingerprint density at radius 1 is 0.968 bits per heavy atom. The third-order valence-electron chi connectivity index (χ3n) is 5.12. The van der Waals surface area contributed by atoms with E-state index in [4.69, 9.17) is 9.15 Å². The molecule has 0 saturated carbocycles. The lowest BCUT2D eigenvalue weighted by Crippen LogP contribution is -2.35. The number of esters is 1. The molecule has 0 aliphatic heterocycles. The summed E-state index contributed by atoms with van der Waals surface area (Å²) in [5, 5.41) is 3.30. The molecule has 1 aromatic heterocycles. The smallest absolute Gasteiger partial charge is 0.374 e. The number of amides is 1. The number of rotatable bonds is 7. The monoisotopic (exact) mass is 421 g/mol. The number of hydrogen-bond acceptors (Lipinski definition) is 5. The van der Waals surface area contributed by atoms with Crippen LogP contribution in [0.25, 0.3) is 11.0 Å². The third-order valence-corrected chi connectivity index (χ3v) is 5.12. The fourth-order valence-corrected chi connectivity index (χ4v) is 3.35. The summed E-state index contributed by atoms with van der Waals surface area (Å²) < 4.78 is 10.5. The summed E-state index contributed by atoms with van der Waals surface area (Å²) in [6.45, 7) is 7.81. The number of hydrogen-bond donors (Lipinski definition) is 1. The molecule has 1 atom stereocenters. The maximum absolute atomic E-state index is 12.4. The predicted octanol–water partition coefficient (Wildman–Crippen LogP) is 4.59. The molecule has 1 heterocycles. The Morgan fingerprint density at radius 2 is 1.61 bits per heavy atom. The molecule has 0 unspecified atom stereocenters. The summed E-state index contributed by atoms with van der Waals surface area (Å²) in [7, 11) is 0. The van der Waals surface area contributed by atoms with Gasteiger partial charge < -0.3 is 14.5 Å². The normalized spacial score (nSPS) is 12.2. The molecule has 0 aliphatic rings. The molecule has 0 radical (unpaired) electrons. The Hall–Kier alpha value is -3.41. The van der Waals surface area contributed by atoms with Gasteiger partial charge in [-0.05, 0) is 35.1 Å². The molecule has 6 nitrogen and oxygen atoms in total. The second kappa shape index (κ2) is 9.60. The van der Waals surface area contributed by atoms with Crippen LogP contribution in [0.1, 0.15) is 61.3 Å². The highest BCUT2D eigenvalue weighted by Gasteiger charge is 2.20. The van der Waals surface area contributed by atoms with Crippen LogP contribution in [-0.4, -0.2) is 18.5 Å². The van der Waals surface area contributed by atoms with E-state index >= 15 is 0 Å². The molecule has 31 heavy (non-hydrogen) atoms. The number of carbonyl (C=O) groups excluding carboxylic acids is 2. The number of nitrogens with one attached hydrogen (secondary N) is 1. The average Bonchev–Trinajstić information content (AvgIpc) is 2.75. The summed E-state index contributed by atoms with van der Waals surface area (Å²) in [6.07, 6.45) is 0. The number of ether oxygens (including phenoxy) is 1. The molecule has 1 amide bonds. The van der Waals surface area contributed by atoms with Crippen molar-refractivity contribution in [2.75, 3.05) is 6.61 Å². The maximum atomic E-state index is 12.4. The molecule has 0 fully saturated rings. The van der Waals surface area contributed by atoms with Crippen LogP contribution < -0.4 is 10.7 Å². The highest BCUT2D eigenvalue weighted by atomic mass is 16.5. The number of carbonyl (C=O) groups is 2. The molecule has 162 valence electrons. The topological polar surface area (TPSA) is 85.6 Å². The quantitative estimate of drug-likeness (QED) is 0.564. The Labute approximate surface area is 181 Å². The van der Waals surface area contributed by atoms with Crippen LogP contribution in [0.5, 0.6) is 0 Å². The SMILES string of the molecule is CC(C)c1ccc([C@H](NC(=O)COC(=O)c2cc(=O)c3ccccc3o2)C(C)C)cc1. The van der Waals surface area contributed by atoms with Crippen LogP contribution in [0, 0.1) is 5.92 Å². The van der Waals surface area contributed by atoms with Crippen molar-refractivity contribution >= 4 is 22.8 Å². The van der Waals surface area contributed by atoms with Gasteiger partial charge in [0.15, 0.2) is 12.0 Å². The third kappa shape index (κ3) is 5.40. The van der Waals surface area contributed by atoms with E-state index in [0.29, 0.717) is 11.3 Å². The lowest BCUT2D eigenvalue weighted by Gasteiger charge is -2.23. The van der Waals surface area contributed by atoms with Crippen LogP contribution in [0.4, 0.5) is 0 Å². The molecule has 6 heteroatoms. The van der Waals surface area contributed by atoms with E-state index in [9.17, 15) is 14.4 Å². The van der Waals surface area contributed by atoms with Gasteiger partial charge in [-0.1, -0.05) is 64.1 Å². The molecule has 2 aromatic carbocycles. The number of para-hydroxylation sites is 1. The lowest BCUT2D eigenvalue weighted by molar-refractivity contribution is -0.125. The van der Waals surface area contributed by atoms with E-state index in [1.165, 1.54) is 5.56 Å². The van der Waals surface area contributed by atoms with E-state index in [1.54, 1.807) is 24.3 Å². The zero-order chi connectivity index (χ0) is 22.5. The second-order valence-corrected chi connectivity index (χ2v) is 8.16. The standard InChI is InChI=1S/C25H27NO5/c1-15(2)17-9-11-18(12-10-17)24(16(3)4)26-23(28)14-30-25(29)22-13-20(27)19-7-5-6-8-21(19)31-22/h5-13,15-16,24H,14H2,1-4H3,(H,26,28)/t24-/m1/s1. The van der Waals surface area contributed by atoms with Crippen LogP contribution in [0.15, 0.2) is 63.8 Å².